The van der Waals surface area contributed by atoms with Crippen molar-refractivity contribution in [2.45, 2.75) is 82.0 Å². The van der Waals surface area contributed by atoms with Crippen LogP contribution < -0.4 is 9.80 Å². The third kappa shape index (κ3) is 2.60. The predicted octanol–water partition coefficient (Wildman–Crippen LogP) is 7.40. The molecule has 0 bridgehead atoms. The van der Waals surface area contributed by atoms with E-state index in [9.17, 15) is 0 Å². The highest BCUT2D eigenvalue weighted by molar-refractivity contribution is 6.13. The van der Waals surface area contributed by atoms with Gasteiger partial charge in [0.1, 0.15) is 17.9 Å². The lowest BCUT2D eigenvalue weighted by molar-refractivity contribution is 0.114. The molecule has 190 valence electrons. The van der Waals surface area contributed by atoms with E-state index >= 15 is 0 Å². The van der Waals surface area contributed by atoms with Crippen LogP contribution >= 0.6 is 0 Å². The molecule has 3 unspecified atom stereocenters. The summed E-state index contributed by atoms with van der Waals surface area (Å²) >= 11 is 0. The van der Waals surface area contributed by atoms with Crippen LogP contribution in [0.25, 0.3) is 21.9 Å². The Morgan fingerprint density at radius 3 is 2.30 bits per heavy atom. The van der Waals surface area contributed by atoms with Crippen molar-refractivity contribution in [1.29, 1.82) is 0 Å². The second-order valence-corrected chi connectivity index (χ2v) is 12.8. The lowest BCUT2D eigenvalue weighted by atomic mass is 9.62. The Hall–Kier alpha value is -3.08. The maximum absolute atomic E-state index is 6.82. The fraction of sp³-hybridized carbons (Fsp3) is 0.500. The maximum Gasteiger partial charge on any atom is 0.159 e. The van der Waals surface area contributed by atoms with Gasteiger partial charge in [-0.15, -0.1) is 0 Å². The van der Waals surface area contributed by atoms with E-state index < -0.39 is 0 Å². The molecule has 1 aromatic heterocycles. The molecule has 4 aliphatic heterocycles. The van der Waals surface area contributed by atoms with Gasteiger partial charge in [-0.1, -0.05) is 31.4 Å². The zero-order chi connectivity index (χ0) is 24.5. The first-order chi connectivity index (χ1) is 18.1. The van der Waals surface area contributed by atoms with Crippen molar-refractivity contribution in [3.05, 3.63) is 60.2 Å². The largest absolute Gasteiger partial charge is 0.454 e. The van der Waals surface area contributed by atoms with Crippen LogP contribution in [0.2, 0.25) is 0 Å². The molecule has 5 nitrogen and oxygen atoms in total. The monoisotopic (exact) mass is 492 g/mol. The van der Waals surface area contributed by atoms with Crippen LogP contribution in [0, 0.1) is 5.41 Å². The highest BCUT2D eigenvalue weighted by atomic mass is 16.3. The van der Waals surface area contributed by atoms with Gasteiger partial charge in [0.05, 0.1) is 11.6 Å². The fourth-order valence-electron chi connectivity index (χ4n) is 9.16. The molecule has 5 heteroatoms. The molecule has 0 saturated heterocycles. The molecule has 2 saturated carbocycles. The number of likely N-dealkylation sites (N-methyl/N-ethyl adjacent to an activating group) is 2. The van der Waals surface area contributed by atoms with Gasteiger partial charge in [-0.2, -0.15) is 0 Å². The average molecular weight is 493 g/mol. The minimum absolute atomic E-state index is 0.301. The maximum atomic E-state index is 6.82. The Balaban J connectivity index is 1.15. The Bertz CT molecular complexity index is 1500. The Kier molecular flexibility index (Phi) is 3.99. The SMILES string of the molecule is CN1C=CN2c3cc4c(oc5cc(C6CCC7(CCCCC7)CC6)ccc54)c4c3C(C12)C1N(C)C=CN41. The predicted molar refractivity (Wildman–Crippen MR) is 150 cm³/mol. The van der Waals surface area contributed by atoms with Gasteiger partial charge in [-0.25, -0.2) is 0 Å². The van der Waals surface area contributed by atoms with Gasteiger partial charge in [0.15, 0.2) is 5.58 Å². The summed E-state index contributed by atoms with van der Waals surface area (Å²) in [7, 11) is 4.42. The molecule has 37 heavy (non-hydrogen) atoms. The number of nitrogens with zero attached hydrogens (tertiary/aromatic N) is 4. The van der Waals surface area contributed by atoms with E-state index in [1.807, 2.05) is 0 Å². The third-order valence-corrected chi connectivity index (χ3v) is 11.1. The van der Waals surface area contributed by atoms with Crippen LogP contribution in [-0.2, 0) is 0 Å². The Labute approximate surface area is 219 Å². The molecule has 3 aromatic rings. The van der Waals surface area contributed by atoms with E-state index in [0.717, 1.165) is 11.2 Å². The highest BCUT2D eigenvalue weighted by Crippen LogP contribution is 2.61. The minimum atomic E-state index is 0.301. The van der Waals surface area contributed by atoms with Crippen LogP contribution in [0.3, 0.4) is 0 Å². The minimum Gasteiger partial charge on any atom is -0.454 e. The molecule has 2 aliphatic carbocycles. The van der Waals surface area contributed by atoms with Gasteiger partial charge in [0.25, 0.3) is 0 Å². The van der Waals surface area contributed by atoms with Gasteiger partial charge in [-0.05, 0) is 67.6 Å². The first-order valence-corrected chi connectivity index (χ1v) is 14.5. The molecule has 0 radical (unpaired) electrons. The number of benzene rings is 2. The Morgan fingerprint density at radius 1 is 0.784 bits per heavy atom. The lowest BCUT2D eigenvalue weighted by Crippen LogP contribution is -2.47. The first-order valence-electron chi connectivity index (χ1n) is 14.5. The number of fused-ring (bicyclic) bond motifs is 10. The summed E-state index contributed by atoms with van der Waals surface area (Å²) in [5, 5.41) is 2.51. The van der Waals surface area contributed by atoms with Crippen LogP contribution in [0.5, 0.6) is 0 Å². The topological polar surface area (TPSA) is 26.1 Å². The second kappa shape index (κ2) is 7.06. The molecule has 0 N–H and O–H groups in total. The Morgan fingerprint density at radius 2 is 1.51 bits per heavy atom. The molecular formula is C32H36N4O. The van der Waals surface area contributed by atoms with Crippen LogP contribution in [0.4, 0.5) is 11.4 Å². The molecule has 2 aromatic carbocycles. The van der Waals surface area contributed by atoms with Crippen LogP contribution in [-0.4, -0.2) is 36.2 Å². The first kappa shape index (κ1) is 20.9. The average Bonchev–Trinajstić information content (AvgIpc) is 3.70. The molecule has 2 fully saturated rings. The summed E-state index contributed by atoms with van der Waals surface area (Å²) in [5.74, 6) is 1.08. The van der Waals surface area contributed by atoms with Gasteiger partial charge in [-0.3, -0.25) is 0 Å². The van der Waals surface area contributed by atoms with Gasteiger partial charge < -0.3 is 24.0 Å². The number of hydrogen-bond donors (Lipinski definition) is 0. The van der Waals surface area contributed by atoms with Crippen molar-refractivity contribution >= 4 is 33.3 Å². The van der Waals surface area contributed by atoms with Crippen molar-refractivity contribution in [3.8, 4) is 0 Å². The van der Waals surface area contributed by atoms with E-state index in [0.29, 0.717) is 29.6 Å². The van der Waals surface area contributed by atoms with Crippen molar-refractivity contribution in [1.82, 2.24) is 9.80 Å². The fourth-order valence-corrected chi connectivity index (χ4v) is 9.16. The highest BCUT2D eigenvalue weighted by Gasteiger charge is 2.56. The summed E-state index contributed by atoms with van der Waals surface area (Å²) in [5.41, 5.74) is 8.38. The third-order valence-electron chi connectivity index (χ3n) is 11.1. The molecule has 6 aliphatic rings. The van der Waals surface area contributed by atoms with Crippen molar-refractivity contribution in [3.63, 3.8) is 0 Å². The van der Waals surface area contributed by atoms with E-state index in [2.05, 4.69) is 82.8 Å². The molecule has 5 heterocycles. The molecule has 1 spiro atoms. The summed E-state index contributed by atoms with van der Waals surface area (Å²) in [4.78, 5) is 9.71. The van der Waals surface area contributed by atoms with Gasteiger partial charge in [0, 0.05) is 60.9 Å². The van der Waals surface area contributed by atoms with E-state index in [1.165, 1.54) is 91.1 Å². The number of anilines is 2. The molecule has 9 rings (SSSR count). The molecular weight excluding hydrogens is 456 g/mol. The van der Waals surface area contributed by atoms with E-state index in [4.69, 9.17) is 4.42 Å². The van der Waals surface area contributed by atoms with Gasteiger partial charge >= 0.3 is 0 Å². The molecule has 0 amide bonds. The molecule has 3 atom stereocenters. The smallest absolute Gasteiger partial charge is 0.159 e. The summed E-state index contributed by atoms with van der Waals surface area (Å²) in [6.45, 7) is 0. The van der Waals surface area contributed by atoms with Crippen LogP contribution in [0.1, 0.15) is 80.8 Å². The van der Waals surface area contributed by atoms with Crippen molar-refractivity contribution in [2.24, 2.45) is 5.41 Å². The number of rotatable bonds is 1. The van der Waals surface area contributed by atoms with E-state index in [-0.39, 0.29) is 0 Å². The second-order valence-electron chi connectivity index (χ2n) is 12.8. The standard InChI is InChI=1S/C32H36N4O/c1-33-14-16-35-24-19-23-22-7-6-21(20-8-12-32(13-9-20)10-4-3-5-11-32)18-25(22)37-29(23)28-26(24)27(30(33)35)31-34(2)15-17-36(28)31/h6-7,14-20,27,30-31H,3-5,8-13H2,1-2H3. The van der Waals surface area contributed by atoms with E-state index in [1.54, 1.807) is 0 Å². The van der Waals surface area contributed by atoms with Crippen molar-refractivity contribution < 1.29 is 4.42 Å². The zero-order valence-electron chi connectivity index (χ0n) is 22.0. The summed E-state index contributed by atoms with van der Waals surface area (Å²) < 4.78 is 6.82. The zero-order valence-corrected chi connectivity index (χ0v) is 22.0. The number of hydrogen-bond acceptors (Lipinski definition) is 5. The summed E-state index contributed by atoms with van der Waals surface area (Å²) in [6, 6.07) is 9.57. The van der Waals surface area contributed by atoms with Crippen LogP contribution in [0.15, 0.2) is 53.5 Å². The van der Waals surface area contributed by atoms with Crippen molar-refractivity contribution in [2.75, 3.05) is 23.9 Å². The lowest BCUT2D eigenvalue weighted by Gasteiger charge is -2.43. The number of furan rings is 1. The summed E-state index contributed by atoms with van der Waals surface area (Å²) in [6.07, 6.45) is 22.4. The quantitative estimate of drug-likeness (QED) is 0.353. The normalized spacial score (nSPS) is 29.4. The van der Waals surface area contributed by atoms with Gasteiger partial charge in [0.2, 0.25) is 0 Å².